The largest absolute Gasteiger partial charge is 0.341 e. The van der Waals surface area contributed by atoms with Gasteiger partial charge in [0.25, 0.3) is 0 Å². The van der Waals surface area contributed by atoms with Gasteiger partial charge < -0.3 is 9.69 Å². The van der Waals surface area contributed by atoms with Crippen LogP contribution < -0.4 is 0 Å². The van der Waals surface area contributed by atoms with Gasteiger partial charge in [-0.3, -0.25) is 4.79 Å². The number of hydrogen-bond acceptors (Lipinski definition) is 2. The molecule has 0 spiro atoms. The van der Waals surface area contributed by atoms with Crippen LogP contribution in [-0.4, -0.2) is 23.6 Å². The highest BCUT2D eigenvalue weighted by Gasteiger charge is 2.11. The molecule has 0 atom stereocenters. The first kappa shape index (κ1) is 14.3. The van der Waals surface area contributed by atoms with Crippen molar-refractivity contribution in [1.82, 2.24) is 4.90 Å². The number of carbonyl (C=O) groups is 2. The van der Waals surface area contributed by atoms with E-state index >= 15 is 0 Å². The Morgan fingerprint density at radius 3 is 2.39 bits per heavy atom. The van der Waals surface area contributed by atoms with Crippen molar-refractivity contribution in [3.8, 4) is 0 Å². The third kappa shape index (κ3) is 4.24. The second-order valence-corrected chi connectivity index (χ2v) is 4.20. The first-order valence-corrected chi connectivity index (χ1v) is 5.57. The zero-order valence-electron chi connectivity index (χ0n) is 10.4. The van der Waals surface area contributed by atoms with Crippen LogP contribution in [0.4, 0.5) is 8.78 Å². The van der Waals surface area contributed by atoms with Crippen molar-refractivity contribution < 1.29 is 18.4 Å². The van der Waals surface area contributed by atoms with Crippen LogP contribution in [0.1, 0.15) is 25.3 Å². The first-order valence-electron chi connectivity index (χ1n) is 5.57. The van der Waals surface area contributed by atoms with Gasteiger partial charge in [-0.1, -0.05) is 6.07 Å². The Kier molecular flexibility index (Phi) is 4.95. The summed E-state index contributed by atoms with van der Waals surface area (Å²) in [6.07, 6.45) is 0.330. The molecule has 1 amide bonds. The quantitative estimate of drug-likeness (QED) is 0.809. The van der Waals surface area contributed by atoms with E-state index in [2.05, 4.69) is 0 Å². The molecular formula is C13H15F2NO2. The number of hydrogen-bond donors (Lipinski definition) is 0. The molecule has 0 saturated carbocycles. The summed E-state index contributed by atoms with van der Waals surface area (Å²) in [6, 6.07) is 3.51. The van der Waals surface area contributed by atoms with Gasteiger partial charge >= 0.3 is 0 Å². The van der Waals surface area contributed by atoms with Crippen molar-refractivity contribution in [3.05, 3.63) is 35.4 Å². The van der Waals surface area contributed by atoms with Gasteiger partial charge in [0.05, 0.1) is 0 Å². The molecule has 0 unspecified atom stereocenters. The normalized spacial score (nSPS) is 10.2. The monoisotopic (exact) mass is 255 g/mol. The van der Waals surface area contributed by atoms with Crippen LogP contribution in [0.2, 0.25) is 0 Å². The molecule has 0 aromatic heterocycles. The fourth-order valence-electron chi connectivity index (χ4n) is 1.47. The summed E-state index contributed by atoms with van der Waals surface area (Å²) in [6.45, 7) is 1.61. The fourth-order valence-corrected chi connectivity index (χ4v) is 1.47. The van der Waals surface area contributed by atoms with Gasteiger partial charge in [-0.2, -0.15) is 0 Å². The Labute approximate surface area is 104 Å². The van der Waals surface area contributed by atoms with E-state index in [1.54, 1.807) is 7.05 Å². The van der Waals surface area contributed by atoms with Gasteiger partial charge in [0.1, 0.15) is 5.78 Å². The van der Waals surface area contributed by atoms with Crippen molar-refractivity contribution >= 4 is 11.7 Å². The Hall–Kier alpha value is -1.78. The van der Waals surface area contributed by atoms with Crippen LogP contribution in [0.15, 0.2) is 18.2 Å². The number of halogens is 2. The van der Waals surface area contributed by atoms with E-state index in [1.807, 2.05) is 0 Å². The lowest BCUT2D eigenvalue weighted by molar-refractivity contribution is -0.132. The van der Waals surface area contributed by atoms with E-state index in [9.17, 15) is 18.4 Å². The van der Waals surface area contributed by atoms with Crippen LogP contribution in [0.25, 0.3) is 0 Å². The average molecular weight is 255 g/mol. The highest BCUT2D eigenvalue weighted by Crippen LogP contribution is 2.11. The number of benzene rings is 1. The molecule has 0 aliphatic heterocycles. The van der Waals surface area contributed by atoms with E-state index in [1.165, 1.54) is 17.9 Å². The molecule has 18 heavy (non-hydrogen) atoms. The zero-order valence-corrected chi connectivity index (χ0v) is 10.4. The summed E-state index contributed by atoms with van der Waals surface area (Å²) < 4.78 is 25.7. The maximum Gasteiger partial charge on any atom is 0.223 e. The van der Waals surface area contributed by atoms with Gasteiger partial charge in [0.15, 0.2) is 11.6 Å². The molecule has 0 N–H and O–H groups in total. The number of ketones is 1. The van der Waals surface area contributed by atoms with Crippen molar-refractivity contribution in [3.63, 3.8) is 0 Å². The summed E-state index contributed by atoms with van der Waals surface area (Å²) in [7, 11) is 1.56. The average Bonchev–Trinajstić information content (AvgIpc) is 2.30. The molecule has 0 radical (unpaired) electrons. The minimum absolute atomic E-state index is 0.0513. The van der Waals surface area contributed by atoms with Gasteiger partial charge in [-0.25, -0.2) is 8.78 Å². The van der Waals surface area contributed by atoms with Crippen LogP contribution in [-0.2, 0) is 16.1 Å². The van der Waals surface area contributed by atoms with Gasteiger partial charge in [-0.05, 0) is 24.6 Å². The molecule has 1 aromatic carbocycles. The van der Waals surface area contributed by atoms with E-state index < -0.39 is 11.6 Å². The fraction of sp³-hybridized carbons (Fsp3) is 0.385. The summed E-state index contributed by atoms with van der Waals surface area (Å²) in [4.78, 5) is 23.7. The minimum atomic E-state index is -0.933. The second-order valence-electron chi connectivity index (χ2n) is 4.20. The molecule has 5 heteroatoms. The maximum atomic E-state index is 13.0. The van der Waals surface area contributed by atoms with Gasteiger partial charge in [0, 0.05) is 26.4 Å². The second kappa shape index (κ2) is 6.23. The number of carbonyl (C=O) groups excluding carboxylic acids is 2. The highest BCUT2D eigenvalue weighted by atomic mass is 19.2. The molecular weight excluding hydrogens is 240 g/mol. The summed E-state index contributed by atoms with van der Waals surface area (Å²) in [5, 5.41) is 0. The zero-order chi connectivity index (χ0) is 13.7. The van der Waals surface area contributed by atoms with E-state index in [4.69, 9.17) is 0 Å². The molecule has 1 aromatic rings. The number of Topliss-reactive ketones (excluding diaryl/α,β-unsaturated/α-hetero) is 1. The predicted molar refractivity (Wildman–Crippen MR) is 62.7 cm³/mol. The van der Waals surface area contributed by atoms with E-state index in [-0.39, 0.29) is 31.1 Å². The molecule has 1 rings (SSSR count). The Morgan fingerprint density at radius 1 is 1.17 bits per heavy atom. The van der Waals surface area contributed by atoms with Crippen LogP contribution in [0.3, 0.4) is 0 Å². The van der Waals surface area contributed by atoms with Crippen molar-refractivity contribution in [2.24, 2.45) is 0 Å². The number of amides is 1. The molecule has 0 heterocycles. The standard InChI is InChI=1S/C13H15F2NO2/c1-9(17)3-6-13(18)16(2)8-10-4-5-11(14)12(15)7-10/h4-5,7H,3,6,8H2,1-2H3. The third-order valence-corrected chi connectivity index (χ3v) is 2.52. The van der Waals surface area contributed by atoms with E-state index in [0.717, 1.165) is 12.1 Å². The topological polar surface area (TPSA) is 37.4 Å². The highest BCUT2D eigenvalue weighted by molar-refractivity contribution is 5.83. The minimum Gasteiger partial charge on any atom is -0.341 e. The van der Waals surface area contributed by atoms with Gasteiger partial charge in [0.2, 0.25) is 5.91 Å². The molecule has 0 aliphatic carbocycles. The molecule has 98 valence electrons. The molecule has 0 fully saturated rings. The van der Waals surface area contributed by atoms with Crippen molar-refractivity contribution in [2.45, 2.75) is 26.3 Å². The van der Waals surface area contributed by atoms with Crippen molar-refractivity contribution in [1.29, 1.82) is 0 Å². The predicted octanol–water partition coefficient (Wildman–Crippen LogP) is 2.29. The molecule has 0 aliphatic rings. The Bertz CT molecular complexity index is 460. The lowest BCUT2D eigenvalue weighted by Gasteiger charge is -2.17. The maximum absolute atomic E-state index is 13.0. The summed E-state index contributed by atoms with van der Waals surface area (Å²) >= 11 is 0. The van der Waals surface area contributed by atoms with Crippen LogP contribution in [0.5, 0.6) is 0 Å². The smallest absolute Gasteiger partial charge is 0.223 e. The third-order valence-electron chi connectivity index (χ3n) is 2.52. The van der Waals surface area contributed by atoms with Gasteiger partial charge in [-0.15, -0.1) is 0 Å². The summed E-state index contributed by atoms with van der Waals surface area (Å²) in [5.74, 6) is -2.10. The van der Waals surface area contributed by atoms with Crippen LogP contribution in [0, 0.1) is 11.6 Å². The Morgan fingerprint density at radius 2 is 1.83 bits per heavy atom. The SMILES string of the molecule is CC(=O)CCC(=O)N(C)Cc1ccc(F)c(F)c1. The first-order chi connectivity index (χ1) is 8.40. The number of rotatable bonds is 5. The molecule has 3 nitrogen and oxygen atoms in total. The number of nitrogens with zero attached hydrogens (tertiary/aromatic N) is 1. The van der Waals surface area contributed by atoms with E-state index in [0.29, 0.717) is 5.56 Å². The summed E-state index contributed by atoms with van der Waals surface area (Å²) in [5.41, 5.74) is 0.507. The van der Waals surface area contributed by atoms with Crippen molar-refractivity contribution in [2.75, 3.05) is 7.05 Å². The molecule has 0 saturated heterocycles. The lowest BCUT2D eigenvalue weighted by atomic mass is 10.2. The van der Waals surface area contributed by atoms with Crippen LogP contribution >= 0.6 is 0 Å². The molecule has 0 bridgehead atoms. The lowest BCUT2D eigenvalue weighted by Crippen LogP contribution is -2.26. The Balaban J connectivity index is 2.58.